The predicted octanol–water partition coefficient (Wildman–Crippen LogP) is 2.20. The third kappa shape index (κ3) is 3.68. The van der Waals surface area contributed by atoms with Crippen LogP contribution in [0, 0.1) is 0 Å². The third-order valence-electron chi connectivity index (χ3n) is 1.71. The fourth-order valence-electron chi connectivity index (χ4n) is 1.11. The highest BCUT2D eigenvalue weighted by atomic mass is 16.6. The molecule has 0 fully saturated rings. The predicted molar refractivity (Wildman–Crippen MR) is 65.1 cm³/mol. The highest BCUT2D eigenvalue weighted by Crippen LogP contribution is 2.21. The van der Waals surface area contributed by atoms with Crippen molar-refractivity contribution in [3.63, 3.8) is 0 Å². The lowest BCUT2D eigenvalue weighted by Crippen LogP contribution is -2.27. The Labute approximate surface area is 94.8 Å². The Balaban J connectivity index is 2.70. The molecule has 0 saturated carbocycles. The van der Waals surface area contributed by atoms with E-state index >= 15 is 0 Å². The van der Waals surface area contributed by atoms with E-state index in [0.29, 0.717) is 17.1 Å². The zero-order valence-electron chi connectivity index (χ0n) is 9.70. The molecule has 0 bridgehead atoms. The molecular formula is C11H17N3O2. The number of nitrogens with two attached hydrogens (primary N) is 2. The van der Waals surface area contributed by atoms with E-state index in [1.165, 1.54) is 0 Å². The Morgan fingerprint density at radius 1 is 1.31 bits per heavy atom. The zero-order chi connectivity index (χ0) is 12.3. The van der Waals surface area contributed by atoms with Gasteiger partial charge in [-0.2, -0.15) is 0 Å². The highest BCUT2D eigenvalue weighted by molar-refractivity contribution is 5.89. The molecule has 0 atom stereocenters. The average Bonchev–Trinajstić information content (AvgIpc) is 2.06. The second-order valence-electron chi connectivity index (χ2n) is 4.47. The van der Waals surface area contributed by atoms with Gasteiger partial charge in [0.2, 0.25) is 0 Å². The van der Waals surface area contributed by atoms with Gasteiger partial charge in [0, 0.05) is 5.69 Å². The number of ether oxygens (including phenoxy) is 1. The molecule has 5 nitrogen and oxygen atoms in total. The normalized spacial score (nSPS) is 10.9. The molecule has 0 heterocycles. The van der Waals surface area contributed by atoms with Gasteiger partial charge in [-0.3, -0.25) is 5.32 Å². The quantitative estimate of drug-likeness (QED) is 0.636. The van der Waals surface area contributed by atoms with Gasteiger partial charge in [0.1, 0.15) is 5.60 Å². The number of hydrogen-bond acceptors (Lipinski definition) is 4. The van der Waals surface area contributed by atoms with E-state index in [1.807, 2.05) is 0 Å². The first-order chi connectivity index (χ1) is 7.28. The van der Waals surface area contributed by atoms with Gasteiger partial charge >= 0.3 is 6.09 Å². The fraction of sp³-hybridized carbons (Fsp3) is 0.364. The van der Waals surface area contributed by atoms with Crippen LogP contribution in [0.15, 0.2) is 18.2 Å². The number of nitrogen functional groups attached to an aromatic ring is 2. The average molecular weight is 223 g/mol. The summed E-state index contributed by atoms with van der Waals surface area (Å²) in [5.41, 5.74) is 12.1. The summed E-state index contributed by atoms with van der Waals surface area (Å²) in [6.07, 6.45) is -0.538. The second-order valence-corrected chi connectivity index (χ2v) is 4.47. The van der Waals surface area contributed by atoms with Crippen LogP contribution in [0.3, 0.4) is 0 Å². The largest absolute Gasteiger partial charge is 0.444 e. The summed E-state index contributed by atoms with van der Waals surface area (Å²) >= 11 is 0. The minimum absolute atomic E-state index is 0.408. The second kappa shape index (κ2) is 4.30. The number of benzene rings is 1. The molecule has 0 saturated heterocycles. The Kier molecular flexibility index (Phi) is 3.27. The molecule has 1 aromatic carbocycles. The van der Waals surface area contributed by atoms with Gasteiger partial charge in [-0.1, -0.05) is 0 Å². The van der Waals surface area contributed by atoms with Crippen molar-refractivity contribution in [1.29, 1.82) is 0 Å². The Hall–Kier alpha value is -1.91. The number of carbonyl (C=O) groups is 1. The Morgan fingerprint density at radius 2 is 1.94 bits per heavy atom. The minimum atomic E-state index is -0.538. The summed E-state index contributed by atoms with van der Waals surface area (Å²) in [5.74, 6) is 0. The molecule has 0 unspecified atom stereocenters. The van der Waals surface area contributed by atoms with Crippen LogP contribution in [0.1, 0.15) is 20.8 Å². The Morgan fingerprint density at radius 3 is 2.44 bits per heavy atom. The fourth-order valence-corrected chi connectivity index (χ4v) is 1.11. The number of nitrogens with one attached hydrogen (secondary N) is 1. The SMILES string of the molecule is CC(C)(C)OC(=O)Nc1ccc(N)cc1N. The number of hydrogen-bond donors (Lipinski definition) is 3. The summed E-state index contributed by atoms with van der Waals surface area (Å²) in [5, 5.41) is 2.55. The van der Waals surface area contributed by atoms with Gasteiger partial charge in [-0.15, -0.1) is 0 Å². The Bertz CT molecular complexity index is 397. The highest BCUT2D eigenvalue weighted by Gasteiger charge is 2.16. The van der Waals surface area contributed by atoms with Crippen molar-refractivity contribution in [1.82, 2.24) is 0 Å². The topological polar surface area (TPSA) is 90.4 Å². The van der Waals surface area contributed by atoms with E-state index in [9.17, 15) is 4.79 Å². The smallest absolute Gasteiger partial charge is 0.412 e. The molecule has 1 rings (SSSR count). The van der Waals surface area contributed by atoms with E-state index in [0.717, 1.165) is 0 Å². The molecule has 16 heavy (non-hydrogen) atoms. The van der Waals surface area contributed by atoms with Crippen LogP contribution in [0.4, 0.5) is 21.9 Å². The molecule has 1 amide bonds. The molecule has 88 valence electrons. The van der Waals surface area contributed by atoms with Crippen molar-refractivity contribution in [3.05, 3.63) is 18.2 Å². The van der Waals surface area contributed by atoms with Crippen LogP contribution in [0.25, 0.3) is 0 Å². The van der Waals surface area contributed by atoms with E-state index in [1.54, 1.807) is 39.0 Å². The lowest BCUT2D eigenvalue weighted by molar-refractivity contribution is 0.0636. The summed E-state index contributed by atoms with van der Waals surface area (Å²) in [7, 11) is 0. The molecule has 5 heteroatoms. The third-order valence-corrected chi connectivity index (χ3v) is 1.71. The van der Waals surface area contributed by atoms with Crippen LogP contribution < -0.4 is 16.8 Å². The van der Waals surface area contributed by atoms with Crippen LogP contribution in [-0.4, -0.2) is 11.7 Å². The van der Waals surface area contributed by atoms with Gasteiger partial charge in [0.05, 0.1) is 11.4 Å². The molecule has 1 aromatic rings. The number of anilines is 3. The first-order valence-electron chi connectivity index (χ1n) is 4.93. The van der Waals surface area contributed by atoms with E-state index < -0.39 is 11.7 Å². The van der Waals surface area contributed by atoms with Gasteiger partial charge in [-0.25, -0.2) is 4.79 Å². The summed E-state index contributed by atoms with van der Waals surface area (Å²) in [6.45, 7) is 5.37. The van der Waals surface area contributed by atoms with Gasteiger partial charge in [0.15, 0.2) is 0 Å². The van der Waals surface area contributed by atoms with Crippen LogP contribution in [0.5, 0.6) is 0 Å². The summed E-state index contributed by atoms with van der Waals surface area (Å²) in [6, 6.07) is 4.87. The lowest BCUT2D eigenvalue weighted by atomic mass is 10.2. The number of rotatable bonds is 1. The van der Waals surface area contributed by atoms with Crippen molar-refractivity contribution >= 4 is 23.2 Å². The molecule has 0 aliphatic rings. The van der Waals surface area contributed by atoms with E-state index in [4.69, 9.17) is 16.2 Å². The maximum absolute atomic E-state index is 11.4. The number of amides is 1. The number of carbonyl (C=O) groups excluding carboxylic acids is 1. The van der Waals surface area contributed by atoms with Crippen LogP contribution in [0.2, 0.25) is 0 Å². The maximum Gasteiger partial charge on any atom is 0.412 e. The van der Waals surface area contributed by atoms with Gasteiger partial charge in [-0.05, 0) is 39.0 Å². The lowest BCUT2D eigenvalue weighted by Gasteiger charge is -2.20. The van der Waals surface area contributed by atoms with Crippen molar-refractivity contribution in [2.75, 3.05) is 16.8 Å². The summed E-state index contributed by atoms with van der Waals surface area (Å²) < 4.78 is 5.09. The van der Waals surface area contributed by atoms with Crippen molar-refractivity contribution in [3.8, 4) is 0 Å². The van der Waals surface area contributed by atoms with Crippen molar-refractivity contribution < 1.29 is 9.53 Å². The monoisotopic (exact) mass is 223 g/mol. The maximum atomic E-state index is 11.4. The zero-order valence-corrected chi connectivity index (χ0v) is 9.70. The van der Waals surface area contributed by atoms with Crippen LogP contribution in [-0.2, 0) is 4.74 Å². The molecular weight excluding hydrogens is 206 g/mol. The van der Waals surface area contributed by atoms with Gasteiger partial charge in [0.25, 0.3) is 0 Å². The molecule has 0 radical (unpaired) electrons. The van der Waals surface area contributed by atoms with E-state index in [2.05, 4.69) is 5.32 Å². The minimum Gasteiger partial charge on any atom is -0.444 e. The van der Waals surface area contributed by atoms with Crippen LogP contribution >= 0.6 is 0 Å². The first kappa shape index (κ1) is 12.2. The molecule has 0 spiro atoms. The molecule has 0 aliphatic heterocycles. The first-order valence-corrected chi connectivity index (χ1v) is 4.93. The van der Waals surface area contributed by atoms with E-state index in [-0.39, 0.29) is 0 Å². The standard InChI is InChI=1S/C11H17N3O2/c1-11(2,3)16-10(15)14-9-5-4-7(12)6-8(9)13/h4-6H,12-13H2,1-3H3,(H,14,15). The molecule has 0 aliphatic carbocycles. The van der Waals surface area contributed by atoms with Crippen molar-refractivity contribution in [2.45, 2.75) is 26.4 Å². The van der Waals surface area contributed by atoms with Crippen molar-refractivity contribution in [2.24, 2.45) is 0 Å². The molecule has 5 N–H and O–H groups in total. The molecule has 0 aromatic heterocycles. The summed E-state index contributed by atoms with van der Waals surface area (Å²) in [4.78, 5) is 11.4. The van der Waals surface area contributed by atoms with Gasteiger partial charge < -0.3 is 16.2 Å².